The predicted molar refractivity (Wildman–Crippen MR) is 66.2 cm³/mol. The van der Waals surface area contributed by atoms with E-state index in [1.807, 2.05) is 43.6 Å². The first-order chi connectivity index (χ1) is 8.29. The van der Waals surface area contributed by atoms with Gasteiger partial charge < -0.3 is 10.5 Å². The average Bonchev–Trinajstić information content (AvgIpc) is 2.78. The summed E-state index contributed by atoms with van der Waals surface area (Å²) in [6.45, 7) is 1.02. The van der Waals surface area contributed by atoms with Gasteiger partial charge in [-0.3, -0.25) is 4.68 Å². The second kappa shape index (κ2) is 5.61. The SMILES string of the molecule is Cn1cc(C(CN)OCc2ccccc2)cn1. The normalized spacial score (nSPS) is 12.6. The van der Waals surface area contributed by atoms with Gasteiger partial charge in [-0.25, -0.2) is 0 Å². The number of rotatable bonds is 5. The molecule has 2 rings (SSSR count). The number of aromatic nitrogens is 2. The Balaban J connectivity index is 1.97. The molecule has 90 valence electrons. The summed E-state index contributed by atoms with van der Waals surface area (Å²) in [5.41, 5.74) is 7.88. The Labute approximate surface area is 101 Å². The summed E-state index contributed by atoms with van der Waals surface area (Å²) in [7, 11) is 1.88. The van der Waals surface area contributed by atoms with Gasteiger partial charge >= 0.3 is 0 Å². The fraction of sp³-hybridized carbons (Fsp3) is 0.308. The second-order valence-electron chi connectivity index (χ2n) is 3.97. The van der Waals surface area contributed by atoms with Crippen LogP contribution in [0.5, 0.6) is 0 Å². The van der Waals surface area contributed by atoms with Crippen molar-refractivity contribution in [3.05, 3.63) is 53.9 Å². The van der Waals surface area contributed by atoms with Gasteiger partial charge in [-0.05, 0) is 5.56 Å². The summed E-state index contributed by atoms with van der Waals surface area (Å²) in [6, 6.07) is 10.1. The van der Waals surface area contributed by atoms with E-state index in [1.54, 1.807) is 10.9 Å². The Morgan fingerprint density at radius 1 is 1.35 bits per heavy atom. The quantitative estimate of drug-likeness (QED) is 0.851. The number of benzene rings is 1. The summed E-state index contributed by atoms with van der Waals surface area (Å²) in [5.74, 6) is 0. The lowest BCUT2D eigenvalue weighted by atomic mass is 10.2. The number of nitrogens with zero attached hydrogens (tertiary/aromatic N) is 2. The molecular formula is C13H17N3O. The predicted octanol–water partition coefficient (Wildman–Crippen LogP) is 1.64. The molecule has 4 heteroatoms. The zero-order valence-corrected chi connectivity index (χ0v) is 9.91. The standard InChI is InChI=1S/C13H17N3O/c1-16-9-12(8-15-16)13(7-14)17-10-11-5-3-2-4-6-11/h2-6,8-9,13H,7,10,14H2,1H3. The molecule has 0 aliphatic carbocycles. The van der Waals surface area contributed by atoms with E-state index in [1.165, 1.54) is 0 Å². The number of hydrogen-bond donors (Lipinski definition) is 1. The molecule has 0 amide bonds. The zero-order chi connectivity index (χ0) is 12.1. The zero-order valence-electron chi connectivity index (χ0n) is 9.91. The number of hydrogen-bond acceptors (Lipinski definition) is 3. The maximum atomic E-state index is 5.80. The van der Waals surface area contributed by atoms with Crippen molar-refractivity contribution in [1.82, 2.24) is 9.78 Å². The lowest BCUT2D eigenvalue weighted by Gasteiger charge is -2.14. The third-order valence-electron chi connectivity index (χ3n) is 2.60. The minimum absolute atomic E-state index is 0.0936. The summed E-state index contributed by atoms with van der Waals surface area (Å²) in [6.07, 6.45) is 3.63. The van der Waals surface area contributed by atoms with Crippen LogP contribution in [0.1, 0.15) is 17.2 Å². The van der Waals surface area contributed by atoms with E-state index >= 15 is 0 Å². The minimum atomic E-state index is -0.0936. The molecule has 4 nitrogen and oxygen atoms in total. The molecule has 1 atom stereocenters. The summed E-state index contributed by atoms with van der Waals surface area (Å²) in [5, 5.41) is 4.12. The van der Waals surface area contributed by atoms with E-state index < -0.39 is 0 Å². The van der Waals surface area contributed by atoms with Gasteiger partial charge in [-0.2, -0.15) is 5.10 Å². The molecule has 2 N–H and O–H groups in total. The van der Waals surface area contributed by atoms with Gasteiger partial charge in [0.15, 0.2) is 0 Å². The fourth-order valence-electron chi connectivity index (χ4n) is 1.68. The Hall–Kier alpha value is -1.65. The molecule has 1 aromatic heterocycles. The molecule has 0 saturated carbocycles. The van der Waals surface area contributed by atoms with Crippen molar-refractivity contribution in [2.24, 2.45) is 12.8 Å². The van der Waals surface area contributed by atoms with Gasteiger partial charge in [0.05, 0.1) is 18.9 Å². The lowest BCUT2D eigenvalue weighted by molar-refractivity contribution is 0.0456. The van der Waals surface area contributed by atoms with Crippen LogP contribution in [0.25, 0.3) is 0 Å². The van der Waals surface area contributed by atoms with Gasteiger partial charge in [-0.15, -0.1) is 0 Å². The molecule has 0 spiro atoms. The van der Waals surface area contributed by atoms with Gasteiger partial charge in [0, 0.05) is 25.4 Å². The van der Waals surface area contributed by atoms with Gasteiger partial charge in [0.1, 0.15) is 0 Å². The minimum Gasteiger partial charge on any atom is -0.367 e. The van der Waals surface area contributed by atoms with Crippen molar-refractivity contribution in [1.29, 1.82) is 0 Å². The number of ether oxygens (including phenoxy) is 1. The van der Waals surface area contributed by atoms with E-state index in [-0.39, 0.29) is 6.10 Å². The largest absolute Gasteiger partial charge is 0.367 e. The Morgan fingerprint density at radius 2 is 2.12 bits per heavy atom. The molecule has 0 saturated heterocycles. The molecule has 1 unspecified atom stereocenters. The molecule has 0 radical (unpaired) electrons. The summed E-state index contributed by atoms with van der Waals surface area (Å²) in [4.78, 5) is 0. The van der Waals surface area contributed by atoms with E-state index in [0.717, 1.165) is 11.1 Å². The third kappa shape index (κ3) is 3.15. The van der Waals surface area contributed by atoms with Crippen molar-refractivity contribution >= 4 is 0 Å². The third-order valence-corrected chi connectivity index (χ3v) is 2.60. The summed E-state index contributed by atoms with van der Waals surface area (Å²) >= 11 is 0. The highest BCUT2D eigenvalue weighted by atomic mass is 16.5. The fourth-order valence-corrected chi connectivity index (χ4v) is 1.68. The van der Waals surface area contributed by atoms with Crippen LogP contribution < -0.4 is 5.73 Å². The van der Waals surface area contributed by atoms with E-state index in [2.05, 4.69) is 5.10 Å². The number of nitrogens with two attached hydrogens (primary N) is 1. The smallest absolute Gasteiger partial charge is 0.0981 e. The van der Waals surface area contributed by atoms with Crippen molar-refractivity contribution in [2.75, 3.05) is 6.54 Å². The van der Waals surface area contributed by atoms with E-state index in [0.29, 0.717) is 13.2 Å². The van der Waals surface area contributed by atoms with E-state index in [4.69, 9.17) is 10.5 Å². The number of aryl methyl sites for hydroxylation is 1. The van der Waals surface area contributed by atoms with Crippen LogP contribution in [0.3, 0.4) is 0 Å². The lowest BCUT2D eigenvalue weighted by Crippen LogP contribution is -2.15. The molecule has 1 heterocycles. The maximum Gasteiger partial charge on any atom is 0.0981 e. The van der Waals surface area contributed by atoms with Crippen LogP contribution in [0.4, 0.5) is 0 Å². The highest BCUT2D eigenvalue weighted by molar-refractivity contribution is 5.14. The first kappa shape index (κ1) is 11.8. The molecule has 0 aliphatic heterocycles. The topological polar surface area (TPSA) is 53.1 Å². The van der Waals surface area contributed by atoms with Gasteiger partial charge in [0.25, 0.3) is 0 Å². The highest BCUT2D eigenvalue weighted by Crippen LogP contribution is 2.17. The van der Waals surface area contributed by atoms with Crippen molar-refractivity contribution in [3.8, 4) is 0 Å². The average molecular weight is 231 g/mol. The first-order valence-electron chi connectivity index (χ1n) is 5.63. The van der Waals surface area contributed by atoms with Crippen LogP contribution >= 0.6 is 0 Å². The van der Waals surface area contributed by atoms with Gasteiger partial charge in [0.2, 0.25) is 0 Å². The Morgan fingerprint density at radius 3 is 2.71 bits per heavy atom. The van der Waals surface area contributed by atoms with Gasteiger partial charge in [-0.1, -0.05) is 30.3 Å². The van der Waals surface area contributed by atoms with Crippen molar-refractivity contribution in [3.63, 3.8) is 0 Å². The van der Waals surface area contributed by atoms with Crippen molar-refractivity contribution in [2.45, 2.75) is 12.7 Å². The van der Waals surface area contributed by atoms with Crippen LogP contribution in [0, 0.1) is 0 Å². The first-order valence-corrected chi connectivity index (χ1v) is 5.63. The van der Waals surface area contributed by atoms with Crippen LogP contribution in [-0.2, 0) is 18.4 Å². The Kier molecular flexibility index (Phi) is 3.90. The van der Waals surface area contributed by atoms with E-state index in [9.17, 15) is 0 Å². The molecular weight excluding hydrogens is 214 g/mol. The van der Waals surface area contributed by atoms with Crippen molar-refractivity contribution < 1.29 is 4.74 Å². The molecule has 17 heavy (non-hydrogen) atoms. The van der Waals surface area contributed by atoms with Crippen LogP contribution in [-0.4, -0.2) is 16.3 Å². The maximum absolute atomic E-state index is 5.80. The molecule has 2 aromatic rings. The molecule has 0 fully saturated rings. The second-order valence-corrected chi connectivity index (χ2v) is 3.97. The van der Waals surface area contributed by atoms with Crippen LogP contribution in [0.2, 0.25) is 0 Å². The molecule has 0 bridgehead atoms. The Bertz CT molecular complexity index is 453. The summed E-state index contributed by atoms with van der Waals surface area (Å²) < 4.78 is 7.55. The molecule has 0 aliphatic rings. The molecule has 1 aromatic carbocycles. The monoisotopic (exact) mass is 231 g/mol. The highest BCUT2D eigenvalue weighted by Gasteiger charge is 2.11. The van der Waals surface area contributed by atoms with Crippen LogP contribution in [0.15, 0.2) is 42.7 Å².